The second kappa shape index (κ2) is 7.34. The number of ether oxygens (including phenoxy) is 1. The van der Waals surface area contributed by atoms with Gasteiger partial charge in [0.2, 0.25) is 5.71 Å². The van der Waals surface area contributed by atoms with Crippen molar-refractivity contribution in [2.75, 3.05) is 12.3 Å². The molecule has 30 heavy (non-hydrogen) atoms. The minimum absolute atomic E-state index is 0.0319. The van der Waals surface area contributed by atoms with Crippen molar-refractivity contribution in [1.29, 1.82) is 0 Å². The number of Topliss-reactive ketones (excluding diaryl/α,β-unsaturated/α-hetero) is 1. The molecule has 0 amide bonds. The van der Waals surface area contributed by atoms with Crippen LogP contribution in [-0.2, 0) is 6.42 Å². The molecule has 2 aromatic carbocycles. The molecule has 1 atom stereocenters. The van der Waals surface area contributed by atoms with Gasteiger partial charge in [0.25, 0.3) is 0 Å². The normalized spacial score (nSPS) is 15.9. The summed E-state index contributed by atoms with van der Waals surface area (Å²) in [6, 6.07) is 19.6. The summed E-state index contributed by atoms with van der Waals surface area (Å²) in [5, 5.41) is 0.695. The Morgan fingerprint density at radius 2 is 1.87 bits per heavy atom. The zero-order chi connectivity index (χ0) is 20.7. The molecule has 1 aliphatic carbocycles. The van der Waals surface area contributed by atoms with Crippen molar-refractivity contribution in [1.82, 2.24) is 4.98 Å². The van der Waals surface area contributed by atoms with Gasteiger partial charge in [-0.2, -0.15) is 0 Å². The zero-order valence-electron chi connectivity index (χ0n) is 16.7. The van der Waals surface area contributed by atoms with E-state index in [2.05, 4.69) is 0 Å². The SMILES string of the molecule is CCOc1ccc(C2CC(=O)c3c(nc4oc(-c5ccccc5)cc4c3N)C2)cc1. The highest BCUT2D eigenvalue weighted by Gasteiger charge is 2.31. The molecule has 2 heterocycles. The van der Waals surface area contributed by atoms with E-state index in [0.717, 1.165) is 16.9 Å². The molecule has 0 radical (unpaired) electrons. The van der Waals surface area contributed by atoms with Crippen LogP contribution in [0.25, 0.3) is 22.4 Å². The maximum atomic E-state index is 13.0. The van der Waals surface area contributed by atoms with E-state index in [9.17, 15) is 4.79 Å². The summed E-state index contributed by atoms with van der Waals surface area (Å²) < 4.78 is 11.5. The Labute approximate surface area is 174 Å². The molecule has 5 nitrogen and oxygen atoms in total. The van der Waals surface area contributed by atoms with Gasteiger partial charge in [-0.3, -0.25) is 4.79 Å². The molecule has 0 saturated heterocycles. The minimum atomic E-state index is 0.0319. The maximum absolute atomic E-state index is 13.0. The Morgan fingerprint density at radius 1 is 1.10 bits per heavy atom. The number of rotatable bonds is 4. The molecule has 0 saturated carbocycles. The van der Waals surface area contributed by atoms with Crippen molar-refractivity contribution in [2.45, 2.75) is 25.7 Å². The van der Waals surface area contributed by atoms with Crippen LogP contribution in [0.2, 0.25) is 0 Å². The van der Waals surface area contributed by atoms with E-state index >= 15 is 0 Å². The van der Waals surface area contributed by atoms with E-state index in [1.165, 1.54) is 0 Å². The van der Waals surface area contributed by atoms with E-state index in [1.807, 2.05) is 67.6 Å². The fraction of sp³-hybridized carbons (Fsp3) is 0.200. The van der Waals surface area contributed by atoms with Gasteiger partial charge in [-0.15, -0.1) is 0 Å². The lowest BCUT2D eigenvalue weighted by Gasteiger charge is -2.24. The Morgan fingerprint density at radius 3 is 2.60 bits per heavy atom. The first kappa shape index (κ1) is 18.4. The van der Waals surface area contributed by atoms with Crippen molar-refractivity contribution in [2.24, 2.45) is 0 Å². The minimum Gasteiger partial charge on any atom is -0.494 e. The summed E-state index contributed by atoms with van der Waals surface area (Å²) in [6.45, 7) is 2.58. The van der Waals surface area contributed by atoms with Crippen LogP contribution in [-0.4, -0.2) is 17.4 Å². The highest BCUT2D eigenvalue weighted by Crippen LogP contribution is 2.39. The van der Waals surface area contributed by atoms with Gasteiger partial charge in [-0.05, 0) is 43.0 Å². The molecule has 0 fully saturated rings. The molecule has 2 aromatic heterocycles. The van der Waals surface area contributed by atoms with Crippen molar-refractivity contribution < 1.29 is 13.9 Å². The van der Waals surface area contributed by atoms with E-state index in [4.69, 9.17) is 19.9 Å². The first-order valence-corrected chi connectivity index (χ1v) is 10.2. The number of aromatic nitrogens is 1. The number of hydrogen-bond donors (Lipinski definition) is 1. The summed E-state index contributed by atoms with van der Waals surface area (Å²) >= 11 is 0. The quantitative estimate of drug-likeness (QED) is 0.499. The fourth-order valence-electron chi connectivity index (χ4n) is 4.20. The van der Waals surface area contributed by atoms with Crippen LogP contribution in [0.4, 0.5) is 5.69 Å². The largest absolute Gasteiger partial charge is 0.494 e. The molecule has 0 aliphatic heterocycles. The summed E-state index contributed by atoms with van der Waals surface area (Å²) in [5.41, 5.74) is 10.7. The number of pyridine rings is 1. The van der Waals surface area contributed by atoms with Gasteiger partial charge in [-0.1, -0.05) is 42.5 Å². The van der Waals surface area contributed by atoms with Crippen LogP contribution in [0.3, 0.4) is 0 Å². The average Bonchev–Trinajstić information content (AvgIpc) is 3.19. The van der Waals surface area contributed by atoms with Gasteiger partial charge in [-0.25, -0.2) is 4.98 Å². The number of carbonyl (C=O) groups excluding carboxylic acids is 1. The first-order valence-electron chi connectivity index (χ1n) is 10.2. The van der Waals surface area contributed by atoms with E-state index < -0.39 is 0 Å². The number of nitrogens with two attached hydrogens (primary N) is 1. The molecular formula is C25H22N2O3. The number of ketones is 1. The van der Waals surface area contributed by atoms with Gasteiger partial charge < -0.3 is 14.9 Å². The van der Waals surface area contributed by atoms with Crippen molar-refractivity contribution in [3.63, 3.8) is 0 Å². The Hall–Kier alpha value is -3.60. The van der Waals surface area contributed by atoms with Crippen LogP contribution in [0, 0.1) is 0 Å². The van der Waals surface area contributed by atoms with Gasteiger partial charge in [0, 0.05) is 12.0 Å². The summed E-state index contributed by atoms with van der Waals surface area (Å²) in [4.78, 5) is 17.7. The van der Waals surface area contributed by atoms with E-state index in [-0.39, 0.29) is 11.7 Å². The Kier molecular flexibility index (Phi) is 4.51. The number of anilines is 1. The van der Waals surface area contributed by atoms with E-state index in [0.29, 0.717) is 53.3 Å². The summed E-state index contributed by atoms with van der Waals surface area (Å²) in [6.07, 6.45) is 1.07. The van der Waals surface area contributed by atoms with Gasteiger partial charge in [0.05, 0.1) is 28.9 Å². The molecule has 150 valence electrons. The molecule has 0 spiro atoms. The van der Waals surface area contributed by atoms with Crippen LogP contribution in [0.1, 0.15) is 40.9 Å². The van der Waals surface area contributed by atoms with Crippen LogP contribution in [0.5, 0.6) is 5.75 Å². The predicted molar refractivity (Wildman–Crippen MR) is 117 cm³/mol. The Bertz CT molecular complexity index is 1230. The molecule has 2 N–H and O–H groups in total. The molecular weight excluding hydrogens is 376 g/mol. The zero-order valence-corrected chi connectivity index (χ0v) is 16.7. The number of hydrogen-bond acceptors (Lipinski definition) is 5. The lowest BCUT2D eigenvalue weighted by atomic mass is 9.81. The smallest absolute Gasteiger partial charge is 0.229 e. The Balaban J connectivity index is 1.53. The second-order valence-electron chi connectivity index (χ2n) is 7.57. The van der Waals surface area contributed by atoms with Crippen LogP contribution >= 0.6 is 0 Å². The molecule has 1 unspecified atom stereocenters. The van der Waals surface area contributed by atoms with Gasteiger partial charge in [0.1, 0.15) is 11.5 Å². The fourth-order valence-corrected chi connectivity index (χ4v) is 4.20. The highest BCUT2D eigenvalue weighted by atomic mass is 16.5. The number of nitrogens with zero attached hydrogens (tertiary/aromatic N) is 1. The third-order valence-corrected chi connectivity index (χ3v) is 5.67. The summed E-state index contributed by atoms with van der Waals surface area (Å²) in [5.74, 6) is 1.62. The monoisotopic (exact) mass is 398 g/mol. The topological polar surface area (TPSA) is 78.3 Å². The number of nitrogen functional groups attached to an aromatic ring is 1. The number of benzene rings is 2. The first-order chi connectivity index (χ1) is 14.6. The number of furan rings is 1. The van der Waals surface area contributed by atoms with Crippen LogP contribution in [0.15, 0.2) is 65.1 Å². The number of fused-ring (bicyclic) bond motifs is 2. The van der Waals surface area contributed by atoms with Crippen molar-refractivity contribution in [3.8, 4) is 17.1 Å². The van der Waals surface area contributed by atoms with E-state index in [1.54, 1.807) is 0 Å². The third-order valence-electron chi connectivity index (χ3n) is 5.67. The second-order valence-corrected chi connectivity index (χ2v) is 7.57. The number of carbonyl (C=O) groups is 1. The van der Waals surface area contributed by atoms with Crippen LogP contribution < -0.4 is 10.5 Å². The summed E-state index contributed by atoms with van der Waals surface area (Å²) in [7, 11) is 0. The lowest BCUT2D eigenvalue weighted by molar-refractivity contribution is 0.0964. The maximum Gasteiger partial charge on any atom is 0.229 e. The molecule has 5 heteroatoms. The van der Waals surface area contributed by atoms with Crippen molar-refractivity contribution >= 4 is 22.6 Å². The molecule has 0 bridgehead atoms. The molecule has 5 rings (SSSR count). The molecule has 1 aliphatic rings. The lowest BCUT2D eigenvalue weighted by Crippen LogP contribution is -2.21. The average molecular weight is 398 g/mol. The van der Waals surface area contributed by atoms with Gasteiger partial charge >= 0.3 is 0 Å². The molecule has 4 aromatic rings. The predicted octanol–water partition coefficient (Wildman–Crippen LogP) is 5.39. The van der Waals surface area contributed by atoms with Crippen molar-refractivity contribution in [3.05, 3.63) is 77.5 Å². The van der Waals surface area contributed by atoms with Gasteiger partial charge in [0.15, 0.2) is 5.78 Å². The third kappa shape index (κ3) is 3.12. The standard InChI is InChI=1S/C25H22N2O3/c1-2-29-18-10-8-15(9-11-18)17-12-20-23(21(28)13-17)24(26)19-14-22(30-25(19)27-20)16-6-4-3-5-7-16/h3-11,14,17H,2,12-13H2,1H3,(H2,26,27). The highest BCUT2D eigenvalue weighted by molar-refractivity contribution is 6.09.